The van der Waals surface area contributed by atoms with Crippen LogP contribution < -0.4 is 4.74 Å². The number of unbranched alkanes of at least 4 members (excludes halogenated alkanes) is 2. The van der Waals surface area contributed by atoms with Crippen LogP contribution in [-0.2, 0) is 25.8 Å². The van der Waals surface area contributed by atoms with E-state index in [0.717, 1.165) is 49.5 Å². The molecule has 0 spiro atoms. The van der Waals surface area contributed by atoms with Crippen molar-refractivity contribution in [3.8, 4) is 17.0 Å². The lowest BCUT2D eigenvalue weighted by Gasteiger charge is -2.38. The summed E-state index contributed by atoms with van der Waals surface area (Å²) in [7, 11) is 1.80. The third-order valence-electron chi connectivity index (χ3n) is 7.73. The zero-order valence-electron chi connectivity index (χ0n) is 22.4. The first-order valence-corrected chi connectivity index (χ1v) is 13.6. The van der Waals surface area contributed by atoms with Gasteiger partial charge in [0.1, 0.15) is 5.75 Å². The Morgan fingerprint density at radius 2 is 1.71 bits per heavy atom. The molecule has 2 heterocycles. The number of benzene rings is 2. The molecule has 4 rings (SSSR count). The number of nitrogens with zero attached hydrogens (tertiary/aromatic N) is 2. The molecule has 1 aliphatic heterocycles. The van der Waals surface area contributed by atoms with Crippen molar-refractivity contribution < 1.29 is 4.74 Å². The van der Waals surface area contributed by atoms with Gasteiger partial charge in [0, 0.05) is 42.0 Å². The molecule has 1 aliphatic rings. The number of rotatable bonds is 10. The van der Waals surface area contributed by atoms with Crippen molar-refractivity contribution in [2.24, 2.45) is 0 Å². The molecule has 186 valence electrons. The van der Waals surface area contributed by atoms with Gasteiger partial charge in [0.2, 0.25) is 0 Å². The average Bonchev–Trinajstić information content (AvgIpc) is 2.89. The molecule has 1 unspecified atom stereocenters. The summed E-state index contributed by atoms with van der Waals surface area (Å²) in [5.74, 6) is 0.964. The molecule has 1 atom stereocenters. The molecule has 0 bridgehead atoms. The lowest BCUT2D eigenvalue weighted by Crippen LogP contribution is -2.35. The second-order valence-electron chi connectivity index (χ2n) is 9.86. The predicted molar refractivity (Wildman–Crippen MR) is 147 cm³/mol. The van der Waals surface area contributed by atoms with Crippen LogP contribution in [0.15, 0.2) is 48.5 Å². The molecule has 3 nitrogen and oxygen atoms in total. The molecule has 35 heavy (non-hydrogen) atoms. The highest BCUT2D eigenvalue weighted by Crippen LogP contribution is 2.38. The second kappa shape index (κ2) is 11.9. The van der Waals surface area contributed by atoms with Crippen LogP contribution >= 0.6 is 0 Å². The summed E-state index contributed by atoms with van der Waals surface area (Å²) in [4.78, 5) is 7.84. The Bertz CT molecular complexity index is 1110. The minimum absolute atomic E-state index is 0.461. The number of methoxy groups -OCH3 is 1. The largest absolute Gasteiger partial charge is 0.496 e. The van der Waals surface area contributed by atoms with Crippen LogP contribution in [0.3, 0.4) is 0 Å². The first kappa shape index (κ1) is 25.4. The van der Waals surface area contributed by atoms with E-state index in [1.807, 2.05) is 0 Å². The van der Waals surface area contributed by atoms with Crippen molar-refractivity contribution in [2.75, 3.05) is 13.7 Å². The smallest absolute Gasteiger partial charge is 0.127 e. The van der Waals surface area contributed by atoms with Gasteiger partial charge in [-0.3, -0.25) is 9.88 Å². The van der Waals surface area contributed by atoms with Crippen LogP contribution in [0, 0.1) is 6.92 Å². The Labute approximate surface area is 212 Å². The lowest BCUT2D eigenvalue weighted by molar-refractivity contribution is 0.161. The van der Waals surface area contributed by atoms with Crippen molar-refractivity contribution in [3.63, 3.8) is 0 Å². The molecule has 0 N–H and O–H groups in total. The van der Waals surface area contributed by atoms with Gasteiger partial charge in [-0.2, -0.15) is 0 Å². The molecule has 3 aromatic rings. The van der Waals surface area contributed by atoms with E-state index in [2.05, 4.69) is 81.1 Å². The molecule has 2 aromatic carbocycles. The first-order chi connectivity index (χ1) is 17.1. The Balaban J connectivity index is 1.69. The zero-order chi connectivity index (χ0) is 24.8. The third kappa shape index (κ3) is 5.46. The minimum Gasteiger partial charge on any atom is -0.496 e. The van der Waals surface area contributed by atoms with Crippen LogP contribution in [0.4, 0.5) is 0 Å². The van der Waals surface area contributed by atoms with E-state index in [4.69, 9.17) is 9.72 Å². The van der Waals surface area contributed by atoms with Gasteiger partial charge in [-0.25, -0.2) is 0 Å². The monoisotopic (exact) mass is 470 g/mol. The van der Waals surface area contributed by atoms with Crippen LogP contribution in [-0.4, -0.2) is 23.5 Å². The molecular weight excluding hydrogens is 428 g/mol. The Hall–Kier alpha value is -2.65. The third-order valence-corrected chi connectivity index (χ3v) is 7.73. The van der Waals surface area contributed by atoms with Crippen molar-refractivity contribution in [3.05, 3.63) is 82.0 Å². The summed E-state index contributed by atoms with van der Waals surface area (Å²) in [6.07, 6.45) is 8.14. The molecule has 0 saturated carbocycles. The van der Waals surface area contributed by atoms with Gasteiger partial charge < -0.3 is 4.74 Å². The van der Waals surface area contributed by atoms with Crippen LogP contribution in [0.2, 0.25) is 0 Å². The Morgan fingerprint density at radius 1 is 0.971 bits per heavy atom. The Kier molecular flexibility index (Phi) is 8.62. The number of pyridine rings is 1. The van der Waals surface area contributed by atoms with Crippen molar-refractivity contribution in [1.29, 1.82) is 0 Å². The van der Waals surface area contributed by atoms with Crippen molar-refractivity contribution in [1.82, 2.24) is 9.88 Å². The summed E-state index contributed by atoms with van der Waals surface area (Å²) in [6, 6.07) is 18.3. The minimum atomic E-state index is 0.461. The molecule has 1 aromatic heterocycles. The van der Waals surface area contributed by atoms with E-state index in [0.29, 0.717) is 6.04 Å². The highest BCUT2D eigenvalue weighted by molar-refractivity contribution is 5.70. The fourth-order valence-electron chi connectivity index (χ4n) is 5.77. The van der Waals surface area contributed by atoms with Crippen molar-refractivity contribution in [2.45, 2.75) is 85.2 Å². The Morgan fingerprint density at radius 3 is 2.40 bits per heavy atom. The molecule has 0 fully saturated rings. The maximum atomic E-state index is 6.01. The van der Waals surface area contributed by atoms with Gasteiger partial charge in [0.05, 0.1) is 12.8 Å². The second-order valence-corrected chi connectivity index (χ2v) is 9.86. The van der Waals surface area contributed by atoms with E-state index in [1.165, 1.54) is 59.1 Å². The maximum Gasteiger partial charge on any atom is 0.127 e. The van der Waals surface area contributed by atoms with E-state index in [1.54, 1.807) is 7.11 Å². The SMILES string of the molecule is CCCCCC1c2ccccc2CCN1Cc1c(OC)cc(-c2c(CC)cccc2CC)nc1C. The molecule has 0 saturated heterocycles. The number of aryl methyl sites for hydroxylation is 3. The number of aromatic nitrogens is 1. The summed E-state index contributed by atoms with van der Waals surface area (Å²) in [5, 5.41) is 0. The van der Waals surface area contributed by atoms with Gasteiger partial charge >= 0.3 is 0 Å². The molecular formula is C32H42N2O. The van der Waals surface area contributed by atoms with Crippen LogP contribution in [0.25, 0.3) is 11.3 Å². The standard InChI is InChI=1S/C32H42N2O/c1-6-9-10-18-30-27-17-12-11-14-26(27)19-20-34(30)22-28-23(4)33-29(21-31(28)35-5)32-24(7-2)15-13-16-25(32)8-3/h11-17,21,30H,6-10,18-20,22H2,1-5H3. The fourth-order valence-corrected chi connectivity index (χ4v) is 5.77. The summed E-state index contributed by atoms with van der Waals surface area (Å²) in [6.45, 7) is 10.9. The van der Waals surface area contributed by atoms with Crippen LogP contribution in [0.1, 0.15) is 86.0 Å². The highest BCUT2D eigenvalue weighted by atomic mass is 16.5. The quantitative estimate of drug-likeness (QED) is 0.282. The zero-order valence-corrected chi connectivity index (χ0v) is 22.4. The van der Waals surface area contributed by atoms with E-state index < -0.39 is 0 Å². The number of fused-ring (bicyclic) bond motifs is 1. The van der Waals surface area contributed by atoms with Gasteiger partial charge in [-0.15, -0.1) is 0 Å². The maximum absolute atomic E-state index is 6.01. The van der Waals surface area contributed by atoms with Gasteiger partial charge in [-0.1, -0.05) is 82.5 Å². The number of hydrogen-bond donors (Lipinski definition) is 0. The van der Waals surface area contributed by atoms with Gasteiger partial charge in [-0.05, 0) is 54.9 Å². The van der Waals surface area contributed by atoms with Crippen LogP contribution in [0.5, 0.6) is 5.75 Å². The van der Waals surface area contributed by atoms with Crippen molar-refractivity contribution >= 4 is 0 Å². The number of ether oxygens (including phenoxy) is 1. The summed E-state index contributed by atoms with van der Waals surface area (Å²) in [5.41, 5.74) is 10.4. The van der Waals surface area contributed by atoms with Gasteiger partial charge in [0.15, 0.2) is 0 Å². The van der Waals surface area contributed by atoms with E-state index in [9.17, 15) is 0 Å². The summed E-state index contributed by atoms with van der Waals surface area (Å²) < 4.78 is 6.01. The predicted octanol–water partition coefficient (Wildman–Crippen LogP) is 7.87. The highest BCUT2D eigenvalue weighted by Gasteiger charge is 2.28. The molecule has 0 aliphatic carbocycles. The molecule has 0 amide bonds. The average molecular weight is 471 g/mol. The van der Waals surface area contributed by atoms with E-state index >= 15 is 0 Å². The first-order valence-electron chi connectivity index (χ1n) is 13.6. The number of hydrogen-bond acceptors (Lipinski definition) is 3. The fraction of sp³-hybridized carbons (Fsp3) is 0.469. The molecule has 0 radical (unpaired) electrons. The normalized spacial score (nSPS) is 15.7. The lowest BCUT2D eigenvalue weighted by atomic mass is 9.89. The van der Waals surface area contributed by atoms with Gasteiger partial charge in [0.25, 0.3) is 0 Å². The molecule has 3 heteroatoms. The van der Waals surface area contributed by atoms with E-state index in [-0.39, 0.29) is 0 Å². The summed E-state index contributed by atoms with van der Waals surface area (Å²) >= 11 is 0. The topological polar surface area (TPSA) is 25.4 Å².